The zero-order chi connectivity index (χ0) is 78.0. The molecule has 6 aromatic rings. The molecule has 3 aliphatic heterocycles. The van der Waals surface area contributed by atoms with Gasteiger partial charge in [-0.05, 0) is 123 Å². The fourth-order valence-electron chi connectivity index (χ4n) is 16.0. The van der Waals surface area contributed by atoms with Crippen LogP contribution in [0, 0.1) is 23.7 Å². The van der Waals surface area contributed by atoms with E-state index in [-0.39, 0.29) is 119 Å². The number of hydrogen-bond acceptors (Lipinski definition) is 24. The smallest absolute Gasteiger partial charge is 0.410 e. The number of aliphatic hydroxyl groups excluding tert-OH is 1. The number of carbonyl (C=O) groups excluding carboxylic acids is 6. The van der Waals surface area contributed by atoms with Gasteiger partial charge in [-0.1, -0.05) is 44.2 Å². The lowest BCUT2D eigenvalue weighted by Gasteiger charge is -2.59. The summed E-state index contributed by atoms with van der Waals surface area (Å²) in [6.07, 6.45) is 4.10. The molecule has 109 heavy (non-hydrogen) atoms. The number of anilines is 2. The normalized spacial score (nSPS) is 22.0. The van der Waals surface area contributed by atoms with Gasteiger partial charge in [0.1, 0.15) is 48.1 Å². The van der Waals surface area contributed by atoms with Crippen LogP contribution in [0.15, 0.2) is 85.1 Å². The molecule has 3 fully saturated rings. The maximum atomic E-state index is 14.3. The molecule has 3 aromatic carbocycles. The van der Waals surface area contributed by atoms with Gasteiger partial charge in [-0.25, -0.2) is 24.4 Å². The number of rotatable bonds is 35. The molecular weight excluding hydrogens is 1460 g/mol. The molecule has 1 saturated heterocycles. The number of para-hydroxylation sites is 1. The minimum Gasteiger partial charge on any atom is -0.496 e. The maximum Gasteiger partial charge on any atom is 0.410 e. The zero-order valence-electron chi connectivity index (χ0n) is 61.5. The number of aliphatic carboxylic acids is 1. The van der Waals surface area contributed by atoms with E-state index in [1.54, 1.807) is 43.6 Å². The lowest BCUT2D eigenvalue weighted by molar-refractivity contribution is -0.195. The third-order valence-corrected chi connectivity index (χ3v) is 22.2. The van der Waals surface area contributed by atoms with Gasteiger partial charge < -0.3 is 73.6 Å². The van der Waals surface area contributed by atoms with E-state index in [4.69, 9.17) is 48.0 Å². The second kappa shape index (κ2) is 34.9. The van der Waals surface area contributed by atoms with Gasteiger partial charge in [0.15, 0.2) is 16.9 Å². The minimum atomic E-state index is -4.76. The summed E-state index contributed by atoms with van der Waals surface area (Å²) in [6.45, 7) is 9.50. The first-order valence-corrected chi connectivity index (χ1v) is 38.5. The van der Waals surface area contributed by atoms with Crippen LogP contribution in [-0.2, 0) is 83.9 Å². The predicted molar refractivity (Wildman–Crippen MR) is 395 cm³/mol. The molecule has 2 saturated carbocycles. The van der Waals surface area contributed by atoms with E-state index in [1.165, 1.54) is 29.4 Å². The Kier molecular flexibility index (Phi) is 25.7. The molecule has 6 heterocycles. The lowest BCUT2D eigenvalue weighted by Crippen LogP contribution is -2.56. The van der Waals surface area contributed by atoms with E-state index in [0.717, 1.165) is 76.2 Å². The predicted octanol–water partition coefficient (Wildman–Crippen LogP) is 6.97. The van der Waals surface area contributed by atoms with Gasteiger partial charge in [0.05, 0.1) is 61.7 Å². The standard InChI is InChI=1S/C75H92N10O22S2/c1-7-74(44-85-46(3)53(37-77-85)51-15-17-61(80-66(51)70(94)95)83-23-20-50-54(38-83)52(14-16-57(50)101-6)67(90)81-71-79-55-10-8-9-11-60(55)108-71)41-73(4)35-45(2)36-75(42-73,43-74)105-29-26-82(25-28-100-5)72(96)104-39-47-12-13-49(34-58(47)106-65-33-48(86)32-59(107-65)69(92)93)103-31-30-102-27-22-76-68(91)56(40-109(97,98)99)78-62(87)21-24-84-63(88)18-19-64(84)89/h8-19,34,37,45,48,56,59,65,86H,7,20-33,35-36,38-44H2,1-6H3,(H,76,91)(H,78,87)(H,92,93)(H,94,95)(H,79,81,90)(H,97,98,99)/t45?,48-,56-,59-,65+,73?,74?,75?/m0/s1. The van der Waals surface area contributed by atoms with Crippen molar-refractivity contribution in [1.82, 2.24) is 40.2 Å². The molecule has 8 atom stereocenters. The quantitative estimate of drug-likeness (QED) is 0.0120. The third kappa shape index (κ3) is 20.0. The first-order chi connectivity index (χ1) is 52.0. The number of imide groups is 1. The topological polar surface area (TPSA) is 415 Å². The molecule has 0 spiro atoms. The second-order valence-electron chi connectivity index (χ2n) is 28.8. The molecule has 2 aliphatic carbocycles. The fraction of sp³-hybridized carbons (Fsp3) is 0.507. The number of fused-ring (bicyclic) bond motifs is 4. The molecule has 4 unspecified atom stereocenters. The third-order valence-electron chi connectivity index (χ3n) is 20.5. The van der Waals surface area contributed by atoms with Crippen LogP contribution in [-0.4, -0.2) is 221 Å². The zero-order valence-corrected chi connectivity index (χ0v) is 63.2. The van der Waals surface area contributed by atoms with E-state index < -0.39 is 94.1 Å². The lowest BCUT2D eigenvalue weighted by atomic mass is 9.50. The molecule has 6 amide bonds. The van der Waals surface area contributed by atoms with Gasteiger partial charge in [-0.2, -0.15) is 13.5 Å². The van der Waals surface area contributed by atoms with Gasteiger partial charge in [-0.3, -0.25) is 43.4 Å². The van der Waals surface area contributed by atoms with E-state index in [9.17, 15) is 66.6 Å². The van der Waals surface area contributed by atoms with E-state index in [2.05, 4.69) is 41.7 Å². The highest BCUT2D eigenvalue weighted by Gasteiger charge is 2.57. The van der Waals surface area contributed by atoms with Crippen LogP contribution in [0.4, 0.5) is 15.7 Å². The highest BCUT2D eigenvalue weighted by atomic mass is 32.2. The summed E-state index contributed by atoms with van der Waals surface area (Å²) in [6, 6.07) is 17.7. The van der Waals surface area contributed by atoms with Crippen molar-refractivity contribution in [3.8, 4) is 28.4 Å². The summed E-state index contributed by atoms with van der Waals surface area (Å²) in [5, 5.41) is 44.3. The van der Waals surface area contributed by atoms with Gasteiger partial charge >= 0.3 is 18.0 Å². The van der Waals surface area contributed by atoms with Crippen molar-refractivity contribution in [3.05, 3.63) is 119 Å². The number of thiazole rings is 1. The molecule has 586 valence electrons. The number of benzene rings is 3. The number of pyridine rings is 1. The molecule has 5 aliphatic rings. The number of aromatic nitrogens is 4. The fourth-order valence-corrected chi connectivity index (χ4v) is 17.5. The van der Waals surface area contributed by atoms with Gasteiger partial charge in [0, 0.05) is 124 Å². The van der Waals surface area contributed by atoms with Crippen LogP contribution in [0.1, 0.15) is 122 Å². The van der Waals surface area contributed by atoms with Gasteiger partial charge in [0.25, 0.3) is 27.8 Å². The largest absolute Gasteiger partial charge is 0.496 e. The van der Waals surface area contributed by atoms with E-state index in [0.29, 0.717) is 70.8 Å². The van der Waals surface area contributed by atoms with Crippen LogP contribution in [0.2, 0.25) is 0 Å². The Balaban J connectivity index is 0.716. The number of ether oxygens (including phenoxy) is 8. The molecule has 32 nitrogen and oxygen atoms in total. The minimum absolute atomic E-state index is 0.0481. The summed E-state index contributed by atoms with van der Waals surface area (Å²) in [7, 11) is -1.65. The average Bonchev–Trinajstić information content (AvgIpc) is 1.41. The Hall–Kier alpha value is -9.68. The van der Waals surface area contributed by atoms with Crippen molar-refractivity contribution in [3.63, 3.8) is 0 Å². The molecule has 7 N–H and O–H groups in total. The average molecular weight is 1550 g/mol. The van der Waals surface area contributed by atoms with E-state index >= 15 is 0 Å². The van der Waals surface area contributed by atoms with Crippen LogP contribution < -0.4 is 35.1 Å². The molecule has 11 rings (SSSR count). The number of aliphatic hydroxyl groups is 1. The van der Waals surface area contributed by atoms with Crippen molar-refractivity contribution in [2.75, 3.05) is 95.9 Å². The molecule has 3 aromatic heterocycles. The summed E-state index contributed by atoms with van der Waals surface area (Å²) in [4.78, 5) is 117. The van der Waals surface area contributed by atoms with Crippen molar-refractivity contribution in [1.29, 1.82) is 0 Å². The molecular formula is C75H92N10O22S2. The first kappa shape index (κ1) is 80.3. The van der Waals surface area contributed by atoms with Crippen molar-refractivity contribution in [2.45, 2.75) is 142 Å². The number of nitrogens with one attached hydrogen (secondary N) is 3. The number of nitrogens with zero attached hydrogens (tertiary/aromatic N) is 7. The van der Waals surface area contributed by atoms with E-state index in [1.807, 2.05) is 46.8 Å². The monoisotopic (exact) mass is 1550 g/mol. The number of carboxylic acid groups (broad SMARTS) is 2. The molecule has 0 radical (unpaired) electrons. The summed E-state index contributed by atoms with van der Waals surface area (Å²) in [5.74, 6) is -5.37. The Morgan fingerprint density at radius 2 is 1.66 bits per heavy atom. The summed E-state index contributed by atoms with van der Waals surface area (Å²) in [5.41, 5.74) is 3.86. The Bertz CT molecular complexity index is 4480. The van der Waals surface area contributed by atoms with Gasteiger partial charge in [0.2, 0.25) is 18.1 Å². The SMILES string of the molecule is CCC1(Cn2ncc(-c3ccc(N4CCc5c(OC)ccc(C(=O)Nc6nc7ccccc7s6)c5C4)nc3C(=O)O)c2C)CC2(C)CC(C)CC(OCCN(CCOC)C(=O)OCc3ccc(OCCOCCNC(=O)[C@H](CS(=O)(=O)O)NC(=O)CCN4C(=O)C=CC4=O)cc3O[C@H]3C[C@@H](O)C[C@@H](C(=O)O)O3)(C2)C1. The second-order valence-corrected chi connectivity index (χ2v) is 31.3. The molecule has 2 bridgehead atoms. The Morgan fingerprint density at radius 3 is 2.39 bits per heavy atom. The van der Waals surface area contributed by atoms with Crippen molar-refractivity contribution >= 4 is 90.2 Å². The Morgan fingerprint density at radius 1 is 0.881 bits per heavy atom. The highest BCUT2D eigenvalue weighted by Crippen LogP contribution is 2.61. The highest BCUT2D eigenvalue weighted by molar-refractivity contribution is 7.85. The van der Waals surface area contributed by atoms with Crippen molar-refractivity contribution in [2.24, 2.45) is 16.7 Å². The van der Waals surface area contributed by atoms with Crippen LogP contribution >= 0.6 is 11.3 Å². The maximum absolute atomic E-state index is 14.3. The summed E-state index contributed by atoms with van der Waals surface area (Å²) >= 11 is 1.38. The number of aromatic carboxylic acids is 1. The number of carboxylic acids is 2. The molecule has 34 heteroatoms. The number of methoxy groups -OCH3 is 2. The summed E-state index contributed by atoms with van der Waals surface area (Å²) < 4.78 is 83.6. The van der Waals surface area contributed by atoms with Gasteiger partial charge in [-0.15, -0.1) is 0 Å². The number of hydrogen-bond donors (Lipinski definition) is 7. The van der Waals surface area contributed by atoms with Crippen LogP contribution in [0.3, 0.4) is 0 Å². The van der Waals surface area contributed by atoms with Crippen LogP contribution in [0.25, 0.3) is 21.3 Å². The van der Waals surface area contributed by atoms with Crippen LogP contribution in [0.5, 0.6) is 17.2 Å². The Labute approximate surface area is 633 Å². The number of carbonyl (C=O) groups is 8. The first-order valence-electron chi connectivity index (χ1n) is 36.1. The van der Waals surface area contributed by atoms with Crippen molar-refractivity contribution < 1.29 is 105 Å². The number of amides is 6.